The number of rotatable bonds is 3. The molecule has 1 saturated carbocycles. The molecule has 3 N–H and O–H groups in total. The average Bonchev–Trinajstić information content (AvgIpc) is 2.32. The molecule has 0 unspecified atom stereocenters. The van der Waals surface area contributed by atoms with Gasteiger partial charge in [0, 0.05) is 23.1 Å². The Morgan fingerprint density at radius 2 is 1.88 bits per heavy atom. The van der Waals surface area contributed by atoms with Crippen molar-refractivity contribution in [1.82, 2.24) is 5.32 Å². The van der Waals surface area contributed by atoms with Gasteiger partial charge in [0.15, 0.2) is 0 Å². The van der Waals surface area contributed by atoms with Crippen LogP contribution in [0.4, 0.5) is 0 Å². The summed E-state index contributed by atoms with van der Waals surface area (Å²) in [6.45, 7) is 2.18. The largest absolute Gasteiger partial charge is 0.328 e. The van der Waals surface area contributed by atoms with Gasteiger partial charge < -0.3 is 11.1 Å². The van der Waals surface area contributed by atoms with E-state index in [9.17, 15) is 0 Å². The van der Waals surface area contributed by atoms with Crippen molar-refractivity contribution in [1.29, 1.82) is 0 Å². The van der Waals surface area contributed by atoms with Gasteiger partial charge in [0.05, 0.1) is 0 Å². The van der Waals surface area contributed by atoms with Gasteiger partial charge >= 0.3 is 0 Å². The molecule has 0 amide bonds. The fourth-order valence-electron chi connectivity index (χ4n) is 2.56. The molecule has 0 bridgehead atoms. The van der Waals surface area contributed by atoms with E-state index in [1.54, 1.807) is 0 Å². The third kappa shape index (κ3) is 3.44. The van der Waals surface area contributed by atoms with Gasteiger partial charge in [-0.05, 0) is 44.2 Å². The first kappa shape index (κ1) is 12.9. The molecule has 1 atom stereocenters. The highest BCUT2D eigenvalue weighted by molar-refractivity contribution is 6.31. The number of nitrogens with two attached hydrogens (primary N) is 1. The predicted molar refractivity (Wildman–Crippen MR) is 73.2 cm³/mol. The molecule has 1 aliphatic rings. The first-order chi connectivity index (χ1) is 8.16. The number of hydrogen-bond acceptors (Lipinski definition) is 2. The maximum atomic E-state index is 6.20. The van der Waals surface area contributed by atoms with Crippen LogP contribution in [-0.2, 0) is 0 Å². The van der Waals surface area contributed by atoms with Gasteiger partial charge in [-0.1, -0.05) is 29.8 Å². The molecule has 1 fully saturated rings. The smallest absolute Gasteiger partial charge is 0.0453 e. The van der Waals surface area contributed by atoms with E-state index in [2.05, 4.69) is 18.3 Å². The van der Waals surface area contributed by atoms with E-state index >= 15 is 0 Å². The Bertz CT molecular complexity index is 359. The number of halogens is 1. The van der Waals surface area contributed by atoms with E-state index in [0.29, 0.717) is 18.1 Å². The molecule has 17 heavy (non-hydrogen) atoms. The summed E-state index contributed by atoms with van der Waals surface area (Å²) in [5.41, 5.74) is 7.10. The zero-order chi connectivity index (χ0) is 12.3. The molecule has 0 spiro atoms. The maximum absolute atomic E-state index is 6.20. The van der Waals surface area contributed by atoms with Crippen LogP contribution in [0.3, 0.4) is 0 Å². The van der Waals surface area contributed by atoms with Crippen LogP contribution in [0, 0.1) is 0 Å². The van der Waals surface area contributed by atoms with Crippen molar-refractivity contribution in [3.63, 3.8) is 0 Å². The van der Waals surface area contributed by atoms with Gasteiger partial charge in [-0.3, -0.25) is 0 Å². The molecule has 94 valence electrons. The van der Waals surface area contributed by atoms with Gasteiger partial charge in [-0.15, -0.1) is 0 Å². The monoisotopic (exact) mass is 252 g/mol. The van der Waals surface area contributed by atoms with Crippen molar-refractivity contribution in [2.45, 2.75) is 50.7 Å². The molecule has 2 nitrogen and oxygen atoms in total. The first-order valence-electron chi connectivity index (χ1n) is 6.43. The van der Waals surface area contributed by atoms with Gasteiger partial charge in [-0.2, -0.15) is 0 Å². The predicted octanol–water partition coefficient (Wildman–Crippen LogP) is 3.26. The molecular weight excluding hydrogens is 232 g/mol. The summed E-state index contributed by atoms with van der Waals surface area (Å²) >= 11 is 6.20. The summed E-state index contributed by atoms with van der Waals surface area (Å²) in [6.07, 6.45) is 4.62. The van der Waals surface area contributed by atoms with Crippen molar-refractivity contribution in [2.75, 3.05) is 0 Å². The molecule has 0 aromatic heterocycles. The van der Waals surface area contributed by atoms with Crippen molar-refractivity contribution < 1.29 is 0 Å². The molecule has 1 aromatic rings. The first-order valence-corrected chi connectivity index (χ1v) is 6.80. The lowest BCUT2D eigenvalue weighted by Gasteiger charge is -2.30. The second-order valence-electron chi connectivity index (χ2n) is 5.02. The standard InChI is InChI=1S/C14H21ClN2/c1-10(13-4-2-3-5-14(13)15)17-12-8-6-11(16)7-9-12/h2-5,10-12,17H,6-9,16H2,1H3/t10-,11?,12?/m1/s1. The molecule has 0 aliphatic heterocycles. The minimum absolute atomic E-state index is 0.308. The van der Waals surface area contributed by atoms with E-state index in [1.807, 2.05) is 18.2 Å². The lowest BCUT2D eigenvalue weighted by atomic mass is 9.91. The van der Waals surface area contributed by atoms with Crippen LogP contribution in [0.2, 0.25) is 5.02 Å². The highest BCUT2D eigenvalue weighted by Crippen LogP contribution is 2.25. The van der Waals surface area contributed by atoms with E-state index in [0.717, 1.165) is 17.9 Å². The van der Waals surface area contributed by atoms with Crippen LogP contribution in [-0.4, -0.2) is 12.1 Å². The van der Waals surface area contributed by atoms with Crippen LogP contribution in [0.15, 0.2) is 24.3 Å². The Hall–Kier alpha value is -0.570. The molecule has 0 heterocycles. The van der Waals surface area contributed by atoms with Crippen LogP contribution >= 0.6 is 11.6 Å². The van der Waals surface area contributed by atoms with Crippen molar-refractivity contribution >= 4 is 11.6 Å². The Morgan fingerprint density at radius 1 is 1.24 bits per heavy atom. The Labute approximate surface area is 109 Å². The molecule has 2 rings (SSSR count). The molecule has 3 heteroatoms. The summed E-state index contributed by atoms with van der Waals surface area (Å²) in [6, 6.07) is 9.35. The van der Waals surface area contributed by atoms with E-state index in [-0.39, 0.29) is 0 Å². The van der Waals surface area contributed by atoms with Gasteiger partial charge in [0.2, 0.25) is 0 Å². The van der Waals surface area contributed by atoms with Crippen molar-refractivity contribution in [2.24, 2.45) is 5.73 Å². The second kappa shape index (κ2) is 5.85. The number of nitrogens with one attached hydrogen (secondary N) is 1. The summed E-state index contributed by atoms with van der Waals surface area (Å²) < 4.78 is 0. The Kier molecular flexibility index (Phi) is 4.43. The molecular formula is C14H21ClN2. The van der Waals surface area contributed by atoms with Crippen molar-refractivity contribution in [3.05, 3.63) is 34.9 Å². The summed E-state index contributed by atoms with van der Waals surface area (Å²) in [5, 5.41) is 4.50. The zero-order valence-electron chi connectivity index (χ0n) is 10.3. The van der Waals surface area contributed by atoms with Gasteiger partial charge in [-0.25, -0.2) is 0 Å². The fourth-order valence-corrected chi connectivity index (χ4v) is 2.85. The van der Waals surface area contributed by atoms with Gasteiger partial charge in [0.1, 0.15) is 0 Å². The molecule has 1 aromatic carbocycles. The van der Waals surface area contributed by atoms with E-state index < -0.39 is 0 Å². The number of benzene rings is 1. The lowest BCUT2D eigenvalue weighted by Crippen LogP contribution is -2.38. The third-order valence-corrected chi connectivity index (χ3v) is 3.97. The number of hydrogen-bond donors (Lipinski definition) is 2. The highest BCUT2D eigenvalue weighted by Gasteiger charge is 2.20. The van der Waals surface area contributed by atoms with E-state index in [1.165, 1.54) is 18.4 Å². The topological polar surface area (TPSA) is 38.0 Å². The van der Waals surface area contributed by atoms with Crippen LogP contribution < -0.4 is 11.1 Å². The minimum Gasteiger partial charge on any atom is -0.328 e. The summed E-state index contributed by atoms with van der Waals surface area (Å²) in [7, 11) is 0. The average molecular weight is 253 g/mol. The fraction of sp³-hybridized carbons (Fsp3) is 0.571. The van der Waals surface area contributed by atoms with Gasteiger partial charge in [0.25, 0.3) is 0 Å². The normalized spacial score (nSPS) is 26.8. The van der Waals surface area contributed by atoms with E-state index in [4.69, 9.17) is 17.3 Å². The minimum atomic E-state index is 0.308. The molecule has 1 aliphatic carbocycles. The SMILES string of the molecule is C[C@@H](NC1CCC(N)CC1)c1ccccc1Cl. The maximum Gasteiger partial charge on any atom is 0.0453 e. The lowest BCUT2D eigenvalue weighted by molar-refractivity contribution is 0.322. The zero-order valence-corrected chi connectivity index (χ0v) is 11.1. The van der Waals surface area contributed by atoms with Crippen molar-refractivity contribution in [3.8, 4) is 0 Å². The highest BCUT2D eigenvalue weighted by atomic mass is 35.5. The van der Waals surface area contributed by atoms with Crippen LogP contribution in [0.1, 0.15) is 44.2 Å². The summed E-state index contributed by atoms with van der Waals surface area (Å²) in [5.74, 6) is 0. The van der Waals surface area contributed by atoms with Crippen LogP contribution in [0.5, 0.6) is 0 Å². The second-order valence-corrected chi connectivity index (χ2v) is 5.43. The Morgan fingerprint density at radius 3 is 2.53 bits per heavy atom. The molecule has 0 radical (unpaired) electrons. The van der Waals surface area contributed by atoms with Crippen LogP contribution in [0.25, 0.3) is 0 Å². The molecule has 0 saturated heterocycles. The quantitative estimate of drug-likeness (QED) is 0.867. The third-order valence-electron chi connectivity index (χ3n) is 3.63. The Balaban J connectivity index is 1.93. The summed E-state index contributed by atoms with van der Waals surface area (Å²) in [4.78, 5) is 0.